The van der Waals surface area contributed by atoms with Crippen molar-refractivity contribution in [2.24, 2.45) is 21.8 Å². The van der Waals surface area contributed by atoms with Crippen molar-refractivity contribution in [2.75, 3.05) is 33.5 Å². The quantitative estimate of drug-likeness (QED) is 0.178. The van der Waals surface area contributed by atoms with Crippen LogP contribution in [0.5, 0.6) is 17.2 Å². The van der Waals surface area contributed by atoms with Crippen molar-refractivity contribution >= 4 is 12.4 Å². The second kappa shape index (κ2) is 14.7. The summed E-state index contributed by atoms with van der Waals surface area (Å²) in [6, 6.07) is 13.4. The highest BCUT2D eigenvalue weighted by molar-refractivity contribution is 5.84. The number of epoxide rings is 2. The summed E-state index contributed by atoms with van der Waals surface area (Å²) in [6.45, 7) is 4.99. The van der Waals surface area contributed by atoms with Gasteiger partial charge in [-0.05, 0) is 105 Å². The number of benzene rings is 2. The number of ether oxygens (including phenoxy) is 5. The van der Waals surface area contributed by atoms with Gasteiger partial charge in [0, 0.05) is 24.0 Å². The zero-order valence-electron chi connectivity index (χ0n) is 25.9. The minimum absolute atomic E-state index is 0.226. The first-order valence-corrected chi connectivity index (χ1v) is 16.5. The van der Waals surface area contributed by atoms with E-state index >= 15 is 0 Å². The highest BCUT2D eigenvalue weighted by atomic mass is 16.6. The van der Waals surface area contributed by atoms with Gasteiger partial charge in [-0.15, -0.1) is 0 Å². The standard InChI is InChI=1S/C36H48N2O5/c1-3-25-9-13-34(42-23-32-21-40-32)29(16-25)20-38-31-6-4-5-27(17-31)15-26-7-11-30(12-8-26)37-19-28-10-14-35(36(18-28)39-2)43-24-33-22-41-33/h9-10,13-14,16,18-20,26-27,30-33H,3-8,11-12,15,17,21-24H2,1-2H3/b37-19+,38-20-. The van der Waals surface area contributed by atoms with Crippen LogP contribution in [0.3, 0.4) is 0 Å². The van der Waals surface area contributed by atoms with E-state index in [0.29, 0.717) is 25.3 Å². The predicted octanol–water partition coefficient (Wildman–Crippen LogP) is 6.86. The van der Waals surface area contributed by atoms with Crippen LogP contribution in [0.25, 0.3) is 0 Å². The molecule has 0 radical (unpaired) electrons. The zero-order valence-corrected chi connectivity index (χ0v) is 25.9. The Labute approximate surface area is 257 Å². The fourth-order valence-corrected chi connectivity index (χ4v) is 6.62. The second-order valence-electron chi connectivity index (χ2n) is 12.8. The molecule has 4 aliphatic rings. The molecule has 4 atom stereocenters. The highest BCUT2D eigenvalue weighted by Gasteiger charge is 2.28. The first-order chi connectivity index (χ1) is 21.1. The Morgan fingerprint density at radius 1 is 0.767 bits per heavy atom. The van der Waals surface area contributed by atoms with Gasteiger partial charge in [0.05, 0.1) is 26.4 Å². The van der Waals surface area contributed by atoms with Gasteiger partial charge in [-0.25, -0.2) is 0 Å². The number of aliphatic imine (C=N–C) groups is 2. The van der Waals surface area contributed by atoms with E-state index in [4.69, 9.17) is 33.7 Å². The molecule has 2 aromatic rings. The smallest absolute Gasteiger partial charge is 0.161 e. The molecule has 7 nitrogen and oxygen atoms in total. The lowest BCUT2D eigenvalue weighted by Gasteiger charge is -2.32. The van der Waals surface area contributed by atoms with E-state index < -0.39 is 0 Å². The molecule has 0 amide bonds. The molecule has 0 spiro atoms. The number of aryl methyl sites for hydroxylation is 1. The van der Waals surface area contributed by atoms with Crippen molar-refractivity contribution in [1.82, 2.24) is 0 Å². The topological polar surface area (TPSA) is 77.5 Å². The summed E-state index contributed by atoms with van der Waals surface area (Å²) in [4.78, 5) is 10.1. The molecule has 0 N–H and O–H groups in total. The van der Waals surface area contributed by atoms with Crippen LogP contribution in [0.1, 0.15) is 81.4 Å². The molecular weight excluding hydrogens is 540 g/mol. The van der Waals surface area contributed by atoms with Gasteiger partial charge < -0.3 is 23.7 Å². The van der Waals surface area contributed by atoms with Crippen LogP contribution in [0.4, 0.5) is 0 Å². The lowest BCUT2D eigenvalue weighted by atomic mass is 9.75. The maximum Gasteiger partial charge on any atom is 0.161 e. The number of hydrogen-bond acceptors (Lipinski definition) is 7. The van der Waals surface area contributed by atoms with E-state index in [1.54, 1.807) is 7.11 Å². The highest BCUT2D eigenvalue weighted by Crippen LogP contribution is 2.37. The van der Waals surface area contributed by atoms with Crippen molar-refractivity contribution in [3.8, 4) is 17.2 Å². The number of rotatable bonds is 14. The Kier molecular flexibility index (Phi) is 10.3. The molecule has 2 saturated heterocycles. The molecule has 7 heteroatoms. The Morgan fingerprint density at radius 2 is 1.49 bits per heavy atom. The van der Waals surface area contributed by atoms with Crippen molar-refractivity contribution < 1.29 is 23.7 Å². The molecule has 4 unspecified atom stereocenters. The maximum absolute atomic E-state index is 6.07. The molecule has 2 aliphatic carbocycles. The lowest BCUT2D eigenvalue weighted by molar-refractivity contribution is 0.224. The molecule has 0 bridgehead atoms. The molecule has 6 rings (SSSR count). The second-order valence-corrected chi connectivity index (χ2v) is 12.8. The third kappa shape index (κ3) is 9.05. The van der Waals surface area contributed by atoms with Crippen LogP contribution in [0, 0.1) is 11.8 Å². The molecule has 2 aliphatic heterocycles. The van der Waals surface area contributed by atoms with Crippen LogP contribution in [-0.4, -0.2) is 70.3 Å². The summed E-state index contributed by atoms with van der Waals surface area (Å²) in [5.41, 5.74) is 3.48. The van der Waals surface area contributed by atoms with Crippen molar-refractivity contribution in [3.63, 3.8) is 0 Å². The van der Waals surface area contributed by atoms with Gasteiger partial charge in [0.2, 0.25) is 0 Å². The molecular formula is C36H48N2O5. The van der Waals surface area contributed by atoms with E-state index in [1.807, 2.05) is 18.3 Å². The van der Waals surface area contributed by atoms with E-state index in [1.165, 1.54) is 63.4 Å². The molecule has 0 aromatic heterocycles. The van der Waals surface area contributed by atoms with E-state index in [0.717, 1.165) is 59.8 Å². The third-order valence-corrected chi connectivity index (χ3v) is 9.42. The monoisotopic (exact) mass is 588 g/mol. The molecule has 43 heavy (non-hydrogen) atoms. The number of nitrogens with zero attached hydrogens (tertiary/aromatic N) is 2. The van der Waals surface area contributed by atoms with Crippen LogP contribution in [0.2, 0.25) is 0 Å². The van der Waals surface area contributed by atoms with E-state index in [2.05, 4.69) is 37.4 Å². The average molecular weight is 589 g/mol. The van der Waals surface area contributed by atoms with Gasteiger partial charge in [0.25, 0.3) is 0 Å². The Hall–Kier alpha value is -2.90. The van der Waals surface area contributed by atoms with E-state index in [-0.39, 0.29) is 12.2 Å². The largest absolute Gasteiger partial charge is 0.493 e. The molecule has 4 fully saturated rings. The Bertz CT molecular complexity index is 1250. The van der Waals surface area contributed by atoms with Crippen molar-refractivity contribution in [2.45, 2.75) is 95.4 Å². The fourth-order valence-electron chi connectivity index (χ4n) is 6.62. The number of methoxy groups -OCH3 is 1. The zero-order chi connectivity index (χ0) is 29.4. The van der Waals surface area contributed by atoms with Gasteiger partial charge in [-0.1, -0.05) is 25.8 Å². The summed E-state index contributed by atoms with van der Waals surface area (Å²) in [5, 5.41) is 0. The van der Waals surface area contributed by atoms with Crippen LogP contribution in [-0.2, 0) is 15.9 Å². The average Bonchev–Trinajstić information content (AvgIpc) is 3.98. The van der Waals surface area contributed by atoms with Crippen molar-refractivity contribution in [1.29, 1.82) is 0 Å². The number of hydrogen-bond donors (Lipinski definition) is 0. The van der Waals surface area contributed by atoms with Crippen LogP contribution in [0.15, 0.2) is 46.4 Å². The maximum atomic E-state index is 6.07. The minimum Gasteiger partial charge on any atom is -0.493 e. The van der Waals surface area contributed by atoms with Gasteiger partial charge in [0.1, 0.15) is 31.2 Å². The minimum atomic E-state index is 0.226. The van der Waals surface area contributed by atoms with Crippen molar-refractivity contribution in [3.05, 3.63) is 53.1 Å². The van der Waals surface area contributed by atoms with E-state index in [9.17, 15) is 0 Å². The van der Waals surface area contributed by atoms with Gasteiger partial charge in [-0.3, -0.25) is 9.98 Å². The SMILES string of the molecule is CCc1ccc(OCC2CO2)c(/C=N\C2CCCC(CC3CCC(/N=C/c4ccc(OCC5CO5)c(OC)c4)CC3)C2)c1. The van der Waals surface area contributed by atoms with Crippen LogP contribution >= 0.6 is 0 Å². The lowest BCUT2D eigenvalue weighted by Crippen LogP contribution is -2.24. The first kappa shape index (κ1) is 30.1. The normalized spacial score (nSPS) is 28.7. The van der Waals surface area contributed by atoms with Gasteiger partial charge >= 0.3 is 0 Å². The Balaban J connectivity index is 0.958. The third-order valence-electron chi connectivity index (χ3n) is 9.42. The first-order valence-electron chi connectivity index (χ1n) is 16.5. The molecule has 2 saturated carbocycles. The predicted molar refractivity (Wildman–Crippen MR) is 171 cm³/mol. The van der Waals surface area contributed by atoms with Gasteiger partial charge in [-0.2, -0.15) is 0 Å². The fraction of sp³-hybridized carbons (Fsp3) is 0.611. The molecule has 2 heterocycles. The van der Waals surface area contributed by atoms with Gasteiger partial charge in [0.15, 0.2) is 11.5 Å². The summed E-state index contributed by atoms with van der Waals surface area (Å²) in [5.74, 6) is 4.03. The summed E-state index contributed by atoms with van der Waals surface area (Å²) in [6.07, 6.45) is 16.9. The Morgan fingerprint density at radius 3 is 2.21 bits per heavy atom. The summed E-state index contributed by atoms with van der Waals surface area (Å²) >= 11 is 0. The summed E-state index contributed by atoms with van der Waals surface area (Å²) in [7, 11) is 1.68. The molecule has 2 aromatic carbocycles. The summed E-state index contributed by atoms with van der Waals surface area (Å²) < 4.78 is 28.0. The molecule has 232 valence electrons. The van der Waals surface area contributed by atoms with Crippen LogP contribution < -0.4 is 14.2 Å².